The molecule has 1 fully saturated rings. The number of benzene rings is 1. The van der Waals surface area contributed by atoms with E-state index in [9.17, 15) is 8.42 Å². The average Bonchev–Trinajstić information content (AvgIpc) is 3.04. The second kappa shape index (κ2) is 5.40. The topological polar surface area (TPSA) is 46.2 Å². The predicted octanol–water partition coefficient (Wildman–Crippen LogP) is 2.78. The molecule has 1 N–H and O–H groups in total. The van der Waals surface area contributed by atoms with Crippen LogP contribution in [0.1, 0.15) is 18.4 Å². The van der Waals surface area contributed by atoms with Gasteiger partial charge in [0, 0.05) is 11.0 Å². The molecule has 0 spiro atoms. The van der Waals surface area contributed by atoms with Crippen LogP contribution < -0.4 is 4.72 Å². The van der Waals surface area contributed by atoms with Crippen LogP contribution in [0.5, 0.6) is 0 Å². The maximum absolute atomic E-state index is 11.7. The Morgan fingerprint density at radius 1 is 1.24 bits per heavy atom. The third-order valence-electron chi connectivity index (χ3n) is 2.76. The van der Waals surface area contributed by atoms with Gasteiger partial charge >= 0.3 is 0 Å². The molecule has 2 rings (SSSR count). The quantitative estimate of drug-likeness (QED) is 0.820. The summed E-state index contributed by atoms with van der Waals surface area (Å²) in [6.45, 7) is 0. The molecule has 1 aromatic carbocycles. The normalized spacial score (nSPS) is 15.8. The first-order valence-corrected chi connectivity index (χ1v) is 8.52. The highest BCUT2D eigenvalue weighted by molar-refractivity contribution is 9.09. The Bertz CT molecular complexity index is 466. The minimum Gasteiger partial charge on any atom is -0.284 e. The van der Waals surface area contributed by atoms with Gasteiger partial charge in [-0.3, -0.25) is 4.72 Å². The Hall–Kier alpha value is -0.550. The largest absolute Gasteiger partial charge is 0.284 e. The molecule has 0 aliphatic heterocycles. The van der Waals surface area contributed by atoms with Crippen molar-refractivity contribution in [2.75, 3.05) is 15.8 Å². The van der Waals surface area contributed by atoms with Gasteiger partial charge in [0.2, 0.25) is 10.0 Å². The fraction of sp³-hybridized carbons (Fsp3) is 0.500. The fourth-order valence-electron chi connectivity index (χ4n) is 1.66. The monoisotopic (exact) mass is 317 g/mol. The number of rotatable bonds is 6. The number of halogens is 1. The van der Waals surface area contributed by atoms with Crippen LogP contribution in [0.4, 0.5) is 5.69 Å². The van der Waals surface area contributed by atoms with Crippen LogP contribution in [-0.4, -0.2) is 19.5 Å². The van der Waals surface area contributed by atoms with Gasteiger partial charge < -0.3 is 0 Å². The molecule has 0 heterocycles. The Kier molecular flexibility index (Phi) is 4.09. The molecule has 1 aliphatic carbocycles. The summed E-state index contributed by atoms with van der Waals surface area (Å²) in [6.07, 6.45) is 3.05. The van der Waals surface area contributed by atoms with Gasteiger partial charge in [-0.2, -0.15) is 0 Å². The molecular weight excluding hydrogens is 302 g/mol. The summed E-state index contributed by atoms with van der Waals surface area (Å²) in [5.74, 6) is 0.635. The average molecular weight is 318 g/mol. The van der Waals surface area contributed by atoms with E-state index in [2.05, 4.69) is 20.7 Å². The third kappa shape index (κ3) is 4.32. The number of aryl methyl sites for hydroxylation is 1. The zero-order valence-electron chi connectivity index (χ0n) is 9.52. The molecule has 0 saturated heterocycles. The Morgan fingerprint density at radius 3 is 2.41 bits per heavy atom. The highest BCUT2D eigenvalue weighted by Crippen LogP contribution is 2.30. The zero-order chi connectivity index (χ0) is 12.3. The van der Waals surface area contributed by atoms with E-state index in [4.69, 9.17) is 0 Å². The standard InChI is InChI=1S/C12H16BrNO2S/c13-8-7-10-3-5-12(6-4-10)14-17(15,16)9-11-1-2-11/h3-6,11,14H,1-2,7-9H2. The predicted molar refractivity (Wildman–Crippen MR) is 74.1 cm³/mol. The van der Waals surface area contributed by atoms with E-state index in [0.29, 0.717) is 11.6 Å². The molecule has 0 bridgehead atoms. The molecule has 1 aliphatic rings. The number of alkyl halides is 1. The highest BCUT2D eigenvalue weighted by atomic mass is 79.9. The smallest absolute Gasteiger partial charge is 0.232 e. The molecule has 1 saturated carbocycles. The van der Waals surface area contributed by atoms with Crippen molar-refractivity contribution in [2.45, 2.75) is 19.3 Å². The summed E-state index contributed by atoms with van der Waals surface area (Å²) >= 11 is 3.38. The Balaban J connectivity index is 1.97. The van der Waals surface area contributed by atoms with Crippen LogP contribution in [0.2, 0.25) is 0 Å². The molecular formula is C12H16BrNO2S. The van der Waals surface area contributed by atoms with Crippen LogP contribution >= 0.6 is 15.9 Å². The second-order valence-electron chi connectivity index (χ2n) is 4.46. The summed E-state index contributed by atoms with van der Waals surface area (Å²) in [4.78, 5) is 0. The molecule has 1 aromatic rings. The summed E-state index contributed by atoms with van der Waals surface area (Å²) in [6, 6.07) is 7.55. The fourth-order valence-corrected chi connectivity index (χ4v) is 3.65. The van der Waals surface area contributed by atoms with Crippen LogP contribution in [0.25, 0.3) is 0 Å². The zero-order valence-corrected chi connectivity index (χ0v) is 11.9. The number of hydrogen-bond acceptors (Lipinski definition) is 2. The summed E-state index contributed by atoms with van der Waals surface area (Å²) < 4.78 is 26.1. The minimum atomic E-state index is -3.16. The van der Waals surface area contributed by atoms with E-state index in [1.807, 2.05) is 24.3 Å². The lowest BCUT2D eigenvalue weighted by molar-refractivity contribution is 0.597. The number of nitrogens with one attached hydrogen (secondary N) is 1. The van der Waals surface area contributed by atoms with Gasteiger partial charge in [-0.1, -0.05) is 28.1 Å². The van der Waals surface area contributed by atoms with Crippen LogP contribution in [0.3, 0.4) is 0 Å². The lowest BCUT2D eigenvalue weighted by atomic mass is 10.2. The minimum absolute atomic E-state index is 0.260. The maximum atomic E-state index is 11.7. The SMILES string of the molecule is O=S(=O)(CC1CC1)Nc1ccc(CCBr)cc1. The van der Waals surface area contributed by atoms with Crippen molar-refractivity contribution in [1.82, 2.24) is 0 Å². The first kappa shape index (κ1) is 12.9. The molecule has 17 heavy (non-hydrogen) atoms. The van der Waals surface area contributed by atoms with Gasteiger partial charge in [0.15, 0.2) is 0 Å². The van der Waals surface area contributed by atoms with Gasteiger partial charge in [-0.25, -0.2) is 8.42 Å². The van der Waals surface area contributed by atoms with Crippen LogP contribution in [0.15, 0.2) is 24.3 Å². The lowest BCUT2D eigenvalue weighted by Crippen LogP contribution is -2.17. The van der Waals surface area contributed by atoms with Crippen molar-refractivity contribution in [3.8, 4) is 0 Å². The van der Waals surface area contributed by atoms with E-state index in [1.165, 1.54) is 5.56 Å². The molecule has 0 atom stereocenters. The van der Waals surface area contributed by atoms with E-state index in [-0.39, 0.29) is 5.75 Å². The van der Waals surface area contributed by atoms with Gasteiger partial charge in [0.25, 0.3) is 0 Å². The van der Waals surface area contributed by atoms with E-state index in [1.54, 1.807) is 0 Å². The van der Waals surface area contributed by atoms with Crippen molar-refractivity contribution in [2.24, 2.45) is 5.92 Å². The molecule has 0 amide bonds. The van der Waals surface area contributed by atoms with Crippen molar-refractivity contribution < 1.29 is 8.42 Å². The van der Waals surface area contributed by atoms with Crippen molar-refractivity contribution in [1.29, 1.82) is 0 Å². The lowest BCUT2D eigenvalue weighted by Gasteiger charge is -2.07. The van der Waals surface area contributed by atoms with E-state index < -0.39 is 10.0 Å². The number of sulfonamides is 1. The van der Waals surface area contributed by atoms with Crippen molar-refractivity contribution in [3.63, 3.8) is 0 Å². The highest BCUT2D eigenvalue weighted by Gasteiger charge is 2.27. The third-order valence-corrected chi connectivity index (χ3v) is 4.62. The van der Waals surface area contributed by atoms with Crippen LogP contribution in [-0.2, 0) is 16.4 Å². The van der Waals surface area contributed by atoms with Gasteiger partial charge in [0.1, 0.15) is 0 Å². The first-order valence-electron chi connectivity index (χ1n) is 5.74. The number of hydrogen-bond donors (Lipinski definition) is 1. The van der Waals surface area contributed by atoms with Gasteiger partial charge in [0.05, 0.1) is 5.75 Å². The Labute approximate surface area is 111 Å². The molecule has 94 valence electrons. The van der Waals surface area contributed by atoms with Crippen molar-refractivity contribution >= 4 is 31.6 Å². The maximum Gasteiger partial charge on any atom is 0.232 e. The summed E-state index contributed by atoms with van der Waals surface area (Å²) in [5, 5.41) is 0.916. The first-order chi connectivity index (χ1) is 8.09. The Morgan fingerprint density at radius 2 is 1.88 bits per heavy atom. The van der Waals surface area contributed by atoms with Crippen LogP contribution in [0, 0.1) is 5.92 Å². The summed E-state index contributed by atoms with van der Waals surface area (Å²) in [5.41, 5.74) is 1.86. The van der Waals surface area contributed by atoms with E-state index >= 15 is 0 Å². The van der Waals surface area contributed by atoms with Crippen molar-refractivity contribution in [3.05, 3.63) is 29.8 Å². The second-order valence-corrected chi connectivity index (χ2v) is 7.02. The number of anilines is 1. The summed E-state index contributed by atoms with van der Waals surface area (Å²) in [7, 11) is -3.16. The molecule has 0 unspecified atom stereocenters. The molecule has 0 aromatic heterocycles. The molecule has 3 nitrogen and oxygen atoms in total. The molecule has 0 radical (unpaired) electrons. The van der Waals surface area contributed by atoms with E-state index in [0.717, 1.165) is 24.6 Å². The van der Waals surface area contributed by atoms with Gasteiger partial charge in [-0.15, -0.1) is 0 Å². The molecule has 5 heteroatoms. The van der Waals surface area contributed by atoms with Gasteiger partial charge in [-0.05, 0) is 42.9 Å².